The molecule has 2 amide bonds. The van der Waals surface area contributed by atoms with E-state index >= 15 is 0 Å². The number of rotatable bonds is 4. The van der Waals surface area contributed by atoms with Gasteiger partial charge >= 0.3 is 0 Å². The number of nitrogens with one attached hydrogen (secondary N) is 1. The Balaban J connectivity index is 2.04. The van der Waals surface area contributed by atoms with Gasteiger partial charge in [0.25, 0.3) is 5.91 Å². The summed E-state index contributed by atoms with van der Waals surface area (Å²) in [6.07, 6.45) is 0. The molecular weight excluding hydrogens is 339 g/mol. The van der Waals surface area contributed by atoms with Gasteiger partial charge in [0.1, 0.15) is 5.82 Å². The fraction of sp³-hybridized carbons (Fsp3) is 0.0667. The first kappa shape index (κ1) is 15.2. The summed E-state index contributed by atoms with van der Waals surface area (Å²) in [6.45, 7) is 0.189. The molecule has 3 N–H and O–H groups in total. The summed E-state index contributed by atoms with van der Waals surface area (Å²) in [5, 5.41) is 2.68. The van der Waals surface area contributed by atoms with Crippen LogP contribution in [0.3, 0.4) is 0 Å². The van der Waals surface area contributed by atoms with E-state index in [1.165, 1.54) is 36.4 Å². The first-order valence-corrected chi connectivity index (χ1v) is 6.88. The van der Waals surface area contributed by atoms with E-state index in [0.717, 1.165) is 0 Å². The van der Waals surface area contributed by atoms with Crippen LogP contribution in [0.15, 0.2) is 46.9 Å². The third kappa shape index (κ3) is 3.88. The minimum atomic E-state index is -0.550. The van der Waals surface area contributed by atoms with Crippen LogP contribution in [0, 0.1) is 5.82 Å². The summed E-state index contributed by atoms with van der Waals surface area (Å²) in [4.78, 5) is 22.9. The zero-order valence-electron chi connectivity index (χ0n) is 10.9. The molecule has 0 atom stereocenters. The van der Waals surface area contributed by atoms with Crippen molar-refractivity contribution in [3.05, 3.63) is 69.4 Å². The molecule has 0 unspecified atom stereocenters. The number of primary amides is 1. The van der Waals surface area contributed by atoms with Crippen LogP contribution in [0.25, 0.3) is 0 Å². The van der Waals surface area contributed by atoms with Crippen molar-refractivity contribution in [2.75, 3.05) is 0 Å². The minimum Gasteiger partial charge on any atom is -0.366 e. The fourth-order valence-electron chi connectivity index (χ4n) is 1.74. The number of carbonyl (C=O) groups excluding carboxylic acids is 2. The number of halogens is 2. The van der Waals surface area contributed by atoms with E-state index in [-0.39, 0.29) is 18.3 Å². The van der Waals surface area contributed by atoms with Crippen LogP contribution >= 0.6 is 15.9 Å². The monoisotopic (exact) mass is 350 g/mol. The highest BCUT2D eigenvalue weighted by molar-refractivity contribution is 9.10. The molecule has 0 aliphatic heterocycles. The van der Waals surface area contributed by atoms with Crippen molar-refractivity contribution in [1.82, 2.24) is 5.32 Å². The van der Waals surface area contributed by atoms with Gasteiger partial charge in [0.2, 0.25) is 5.91 Å². The Labute approximate surface area is 129 Å². The van der Waals surface area contributed by atoms with Gasteiger partial charge in [-0.2, -0.15) is 0 Å². The molecule has 6 heteroatoms. The van der Waals surface area contributed by atoms with Crippen molar-refractivity contribution >= 4 is 27.7 Å². The Morgan fingerprint density at radius 2 is 1.71 bits per heavy atom. The van der Waals surface area contributed by atoms with Crippen molar-refractivity contribution < 1.29 is 14.0 Å². The van der Waals surface area contributed by atoms with Gasteiger partial charge in [-0.1, -0.05) is 15.9 Å². The summed E-state index contributed by atoms with van der Waals surface area (Å²) >= 11 is 3.29. The topological polar surface area (TPSA) is 72.2 Å². The Hall–Kier alpha value is -2.21. The Morgan fingerprint density at radius 3 is 2.33 bits per heavy atom. The molecule has 21 heavy (non-hydrogen) atoms. The van der Waals surface area contributed by atoms with Crippen molar-refractivity contribution in [3.8, 4) is 0 Å². The first-order chi connectivity index (χ1) is 9.97. The van der Waals surface area contributed by atoms with Gasteiger partial charge in [-0.3, -0.25) is 9.59 Å². The smallest absolute Gasteiger partial charge is 0.251 e. The SMILES string of the molecule is NC(=O)c1ccc(C(=O)NCc2cc(F)ccc2Br)cc1. The molecule has 2 aromatic carbocycles. The van der Waals surface area contributed by atoms with E-state index in [2.05, 4.69) is 21.2 Å². The van der Waals surface area contributed by atoms with Crippen LogP contribution in [0.1, 0.15) is 26.3 Å². The van der Waals surface area contributed by atoms with Crippen molar-refractivity contribution in [2.24, 2.45) is 5.73 Å². The van der Waals surface area contributed by atoms with E-state index in [4.69, 9.17) is 5.73 Å². The molecule has 0 saturated carbocycles. The maximum Gasteiger partial charge on any atom is 0.251 e. The van der Waals surface area contributed by atoms with Gasteiger partial charge in [0.15, 0.2) is 0 Å². The normalized spacial score (nSPS) is 10.2. The van der Waals surface area contributed by atoms with Crippen LogP contribution in [-0.2, 0) is 6.54 Å². The number of hydrogen-bond acceptors (Lipinski definition) is 2. The van der Waals surface area contributed by atoms with Gasteiger partial charge in [-0.25, -0.2) is 4.39 Å². The average Bonchev–Trinajstić information content (AvgIpc) is 2.48. The molecule has 0 fully saturated rings. The van der Waals surface area contributed by atoms with Gasteiger partial charge in [0.05, 0.1) is 0 Å². The largest absolute Gasteiger partial charge is 0.366 e. The van der Waals surface area contributed by atoms with Crippen molar-refractivity contribution in [2.45, 2.75) is 6.54 Å². The zero-order chi connectivity index (χ0) is 15.4. The quantitative estimate of drug-likeness (QED) is 0.889. The summed E-state index contributed by atoms with van der Waals surface area (Å²) in [6, 6.07) is 10.2. The Kier molecular flexibility index (Phi) is 4.70. The number of amides is 2. The molecule has 2 rings (SSSR count). The molecule has 2 aromatic rings. The lowest BCUT2D eigenvalue weighted by atomic mass is 10.1. The number of nitrogens with two attached hydrogens (primary N) is 1. The first-order valence-electron chi connectivity index (χ1n) is 6.09. The van der Waals surface area contributed by atoms with Gasteiger partial charge in [-0.05, 0) is 48.0 Å². The van der Waals surface area contributed by atoms with Crippen LogP contribution in [0.5, 0.6) is 0 Å². The summed E-state index contributed by atoms with van der Waals surface area (Å²) < 4.78 is 13.9. The van der Waals surface area contributed by atoms with Crippen molar-refractivity contribution in [1.29, 1.82) is 0 Å². The van der Waals surface area contributed by atoms with E-state index in [0.29, 0.717) is 21.2 Å². The predicted molar refractivity (Wildman–Crippen MR) is 80.2 cm³/mol. The van der Waals surface area contributed by atoms with Crippen LogP contribution in [-0.4, -0.2) is 11.8 Å². The maximum atomic E-state index is 13.1. The zero-order valence-corrected chi connectivity index (χ0v) is 12.5. The highest BCUT2D eigenvalue weighted by Gasteiger charge is 2.08. The van der Waals surface area contributed by atoms with Crippen LogP contribution < -0.4 is 11.1 Å². The lowest BCUT2D eigenvalue weighted by Gasteiger charge is -2.08. The molecule has 0 aliphatic carbocycles. The standard InChI is InChI=1S/C15H12BrFN2O2/c16-13-6-5-12(17)7-11(13)8-19-15(21)10-3-1-9(2-4-10)14(18)20/h1-7H,8H2,(H2,18,20)(H,19,21). The summed E-state index contributed by atoms with van der Waals surface area (Å²) in [5.41, 5.74) is 6.49. The maximum absolute atomic E-state index is 13.1. The predicted octanol–water partition coefficient (Wildman–Crippen LogP) is 2.62. The molecule has 0 aromatic heterocycles. The highest BCUT2D eigenvalue weighted by atomic mass is 79.9. The van der Waals surface area contributed by atoms with Crippen LogP contribution in [0.4, 0.5) is 4.39 Å². The summed E-state index contributed by atoms with van der Waals surface area (Å²) in [7, 11) is 0. The molecule has 0 radical (unpaired) electrons. The molecule has 0 heterocycles. The Morgan fingerprint density at radius 1 is 1.10 bits per heavy atom. The summed E-state index contributed by atoms with van der Waals surface area (Å²) in [5.74, 6) is -1.24. The highest BCUT2D eigenvalue weighted by Crippen LogP contribution is 2.17. The van der Waals surface area contributed by atoms with E-state index in [1.54, 1.807) is 6.07 Å². The second-order valence-electron chi connectivity index (χ2n) is 4.36. The second-order valence-corrected chi connectivity index (χ2v) is 5.21. The lowest BCUT2D eigenvalue weighted by molar-refractivity contribution is 0.0948. The van der Waals surface area contributed by atoms with Gasteiger partial charge in [0, 0.05) is 22.1 Å². The van der Waals surface area contributed by atoms with Gasteiger partial charge in [-0.15, -0.1) is 0 Å². The number of benzene rings is 2. The van der Waals surface area contributed by atoms with Crippen molar-refractivity contribution in [3.63, 3.8) is 0 Å². The molecular formula is C15H12BrFN2O2. The Bertz CT molecular complexity index is 687. The van der Waals surface area contributed by atoms with Crippen LogP contribution in [0.2, 0.25) is 0 Å². The number of hydrogen-bond donors (Lipinski definition) is 2. The fourth-order valence-corrected chi connectivity index (χ4v) is 2.13. The third-order valence-electron chi connectivity index (χ3n) is 2.88. The minimum absolute atomic E-state index is 0.189. The van der Waals surface area contributed by atoms with Gasteiger partial charge < -0.3 is 11.1 Å². The molecule has 0 saturated heterocycles. The average molecular weight is 351 g/mol. The molecule has 0 aliphatic rings. The lowest BCUT2D eigenvalue weighted by Crippen LogP contribution is -2.23. The van der Waals surface area contributed by atoms with E-state index in [1.807, 2.05) is 0 Å². The molecule has 0 spiro atoms. The van der Waals surface area contributed by atoms with E-state index in [9.17, 15) is 14.0 Å². The molecule has 0 bridgehead atoms. The second kappa shape index (κ2) is 6.49. The van der Waals surface area contributed by atoms with E-state index < -0.39 is 5.91 Å². The third-order valence-corrected chi connectivity index (χ3v) is 3.65. The number of carbonyl (C=O) groups is 2. The molecule has 108 valence electrons. The molecule has 4 nitrogen and oxygen atoms in total.